The third-order valence-corrected chi connectivity index (χ3v) is 3.32. The fourth-order valence-electron chi connectivity index (χ4n) is 2.26. The second-order valence-corrected chi connectivity index (χ2v) is 4.50. The van der Waals surface area contributed by atoms with Gasteiger partial charge in [0.05, 0.1) is 11.8 Å². The largest absolute Gasteiger partial charge is 0.309 e. The summed E-state index contributed by atoms with van der Waals surface area (Å²) in [5, 5.41) is 7.42. The Morgan fingerprint density at radius 3 is 2.94 bits per heavy atom. The lowest BCUT2D eigenvalue weighted by Crippen LogP contribution is -2.02. The Labute approximate surface area is 106 Å². The van der Waals surface area contributed by atoms with Crippen LogP contribution >= 0.6 is 0 Å². The average molecular weight is 241 g/mol. The van der Waals surface area contributed by atoms with Crippen molar-refractivity contribution in [2.45, 2.75) is 26.6 Å². The van der Waals surface area contributed by atoms with Crippen LogP contribution in [0.2, 0.25) is 0 Å². The van der Waals surface area contributed by atoms with Crippen LogP contribution in [-0.4, -0.2) is 15.6 Å². The monoisotopic (exact) mass is 241 g/mol. The van der Waals surface area contributed by atoms with Crippen LogP contribution in [0.4, 0.5) is 0 Å². The van der Waals surface area contributed by atoms with Gasteiger partial charge in [0.1, 0.15) is 0 Å². The molecule has 1 aliphatic heterocycles. The number of nitrogens with one attached hydrogen (secondary N) is 1. The Balaban J connectivity index is 1.92. The number of nitrogens with zero attached hydrogens (tertiary/aromatic N) is 2. The number of fused-ring (bicyclic) bond motifs is 1. The highest BCUT2D eigenvalue weighted by atomic mass is 16.1. The molecule has 2 heterocycles. The highest BCUT2D eigenvalue weighted by Gasteiger charge is 2.15. The molecule has 0 amide bonds. The van der Waals surface area contributed by atoms with Crippen molar-refractivity contribution in [1.82, 2.24) is 15.1 Å². The lowest BCUT2D eigenvalue weighted by atomic mass is 10.0. The maximum Gasteiger partial charge on any atom is 0.196 e. The standard InChI is InChI=1S/C14H15N3O/c1-2-17-9-13(8-16-17)14(18)10-3-4-11-6-15-7-12(11)5-10/h3-5,8-9,15H,2,6-7H2,1H3. The summed E-state index contributed by atoms with van der Waals surface area (Å²) in [5.41, 5.74) is 3.91. The molecule has 4 nitrogen and oxygen atoms in total. The molecular formula is C14H15N3O. The molecule has 1 N–H and O–H groups in total. The average Bonchev–Trinajstić information content (AvgIpc) is 3.05. The van der Waals surface area contributed by atoms with Crippen molar-refractivity contribution in [1.29, 1.82) is 0 Å². The van der Waals surface area contributed by atoms with Crippen LogP contribution in [-0.2, 0) is 19.6 Å². The van der Waals surface area contributed by atoms with Crippen LogP contribution in [0.5, 0.6) is 0 Å². The number of aryl methyl sites for hydroxylation is 1. The molecule has 0 radical (unpaired) electrons. The molecule has 1 aromatic heterocycles. The van der Waals surface area contributed by atoms with Crippen LogP contribution in [0.3, 0.4) is 0 Å². The van der Waals surface area contributed by atoms with Gasteiger partial charge >= 0.3 is 0 Å². The third-order valence-electron chi connectivity index (χ3n) is 3.32. The summed E-state index contributed by atoms with van der Waals surface area (Å²) in [6, 6.07) is 5.92. The lowest BCUT2D eigenvalue weighted by molar-refractivity contribution is 0.103. The minimum Gasteiger partial charge on any atom is -0.309 e. The number of hydrogen-bond donors (Lipinski definition) is 1. The van der Waals surface area contributed by atoms with Gasteiger partial charge in [0.2, 0.25) is 0 Å². The Kier molecular flexibility index (Phi) is 2.72. The lowest BCUT2D eigenvalue weighted by Gasteiger charge is -2.02. The zero-order valence-corrected chi connectivity index (χ0v) is 10.3. The molecule has 0 spiro atoms. The zero-order chi connectivity index (χ0) is 12.5. The summed E-state index contributed by atoms with van der Waals surface area (Å²) < 4.78 is 1.77. The fourth-order valence-corrected chi connectivity index (χ4v) is 2.26. The quantitative estimate of drug-likeness (QED) is 0.833. The van der Waals surface area contributed by atoms with E-state index in [4.69, 9.17) is 0 Å². The van der Waals surface area contributed by atoms with Crippen molar-refractivity contribution in [3.63, 3.8) is 0 Å². The van der Waals surface area contributed by atoms with Gasteiger partial charge in [-0.2, -0.15) is 5.10 Å². The van der Waals surface area contributed by atoms with Gasteiger partial charge in [-0.15, -0.1) is 0 Å². The molecule has 0 saturated heterocycles. The van der Waals surface area contributed by atoms with Crippen LogP contribution in [0.25, 0.3) is 0 Å². The number of aromatic nitrogens is 2. The van der Waals surface area contributed by atoms with E-state index in [2.05, 4.69) is 10.4 Å². The summed E-state index contributed by atoms with van der Waals surface area (Å²) in [5.74, 6) is 0.0457. The first-order chi connectivity index (χ1) is 8.78. The van der Waals surface area contributed by atoms with Gasteiger partial charge in [-0.25, -0.2) is 0 Å². The van der Waals surface area contributed by atoms with E-state index >= 15 is 0 Å². The second-order valence-electron chi connectivity index (χ2n) is 4.50. The van der Waals surface area contributed by atoms with Crippen LogP contribution < -0.4 is 5.32 Å². The Morgan fingerprint density at radius 2 is 2.17 bits per heavy atom. The van der Waals surface area contributed by atoms with Gasteiger partial charge in [-0.3, -0.25) is 9.48 Å². The van der Waals surface area contributed by atoms with Crippen LogP contribution in [0.1, 0.15) is 34.0 Å². The van der Waals surface area contributed by atoms with E-state index < -0.39 is 0 Å². The first-order valence-electron chi connectivity index (χ1n) is 6.17. The normalized spacial score (nSPS) is 13.6. The molecule has 0 atom stereocenters. The maximum atomic E-state index is 12.3. The first kappa shape index (κ1) is 11.2. The molecule has 2 aromatic rings. The molecule has 1 aliphatic rings. The Hall–Kier alpha value is -1.94. The number of hydrogen-bond acceptors (Lipinski definition) is 3. The first-order valence-corrected chi connectivity index (χ1v) is 6.17. The van der Waals surface area contributed by atoms with E-state index in [1.54, 1.807) is 17.1 Å². The number of ketones is 1. The summed E-state index contributed by atoms with van der Waals surface area (Å²) >= 11 is 0. The smallest absolute Gasteiger partial charge is 0.196 e. The molecule has 18 heavy (non-hydrogen) atoms. The van der Waals surface area contributed by atoms with E-state index in [0.717, 1.165) is 25.2 Å². The number of carbonyl (C=O) groups is 1. The minimum absolute atomic E-state index is 0.0457. The van der Waals surface area contributed by atoms with E-state index in [9.17, 15) is 4.79 Å². The second kappa shape index (κ2) is 4.38. The Morgan fingerprint density at radius 1 is 1.33 bits per heavy atom. The van der Waals surface area contributed by atoms with Gasteiger partial charge in [0.25, 0.3) is 0 Å². The molecule has 0 unspecified atom stereocenters. The molecule has 92 valence electrons. The van der Waals surface area contributed by atoms with Gasteiger partial charge < -0.3 is 5.32 Å². The van der Waals surface area contributed by atoms with Crippen LogP contribution in [0, 0.1) is 0 Å². The molecule has 4 heteroatoms. The SMILES string of the molecule is CCn1cc(C(=O)c2ccc3c(c2)CNC3)cn1. The maximum absolute atomic E-state index is 12.3. The van der Waals surface area contributed by atoms with Crippen molar-refractivity contribution >= 4 is 5.78 Å². The Bertz CT molecular complexity index is 601. The third kappa shape index (κ3) is 1.84. The predicted molar refractivity (Wildman–Crippen MR) is 68.3 cm³/mol. The highest BCUT2D eigenvalue weighted by Crippen LogP contribution is 2.19. The molecule has 1 aromatic carbocycles. The molecule has 3 rings (SSSR count). The number of rotatable bonds is 3. The number of carbonyl (C=O) groups excluding carboxylic acids is 1. The van der Waals surface area contributed by atoms with E-state index in [1.807, 2.05) is 25.1 Å². The van der Waals surface area contributed by atoms with Crippen molar-refractivity contribution < 1.29 is 4.79 Å². The molecular weight excluding hydrogens is 226 g/mol. The molecule has 0 saturated carbocycles. The van der Waals surface area contributed by atoms with Crippen molar-refractivity contribution in [3.8, 4) is 0 Å². The highest BCUT2D eigenvalue weighted by molar-refractivity contribution is 6.08. The molecule has 0 fully saturated rings. The van der Waals surface area contributed by atoms with Crippen molar-refractivity contribution in [2.24, 2.45) is 0 Å². The van der Waals surface area contributed by atoms with Gasteiger partial charge in [0, 0.05) is 31.4 Å². The van der Waals surface area contributed by atoms with Gasteiger partial charge in [0.15, 0.2) is 5.78 Å². The summed E-state index contributed by atoms with van der Waals surface area (Å²) in [6.07, 6.45) is 3.44. The van der Waals surface area contributed by atoms with Crippen molar-refractivity contribution in [3.05, 3.63) is 52.8 Å². The number of benzene rings is 1. The van der Waals surface area contributed by atoms with E-state index in [0.29, 0.717) is 5.56 Å². The summed E-state index contributed by atoms with van der Waals surface area (Å²) in [4.78, 5) is 12.3. The molecule has 0 aliphatic carbocycles. The predicted octanol–water partition coefficient (Wildman–Crippen LogP) is 1.74. The molecule has 0 bridgehead atoms. The fraction of sp³-hybridized carbons (Fsp3) is 0.286. The van der Waals surface area contributed by atoms with Gasteiger partial charge in [-0.05, 0) is 24.1 Å². The summed E-state index contributed by atoms with van der Waals surface area (Å²) in [7, 11) is 0. The van der Waals surface area contributed by atoms with Crippen LogP contribution in [0.15, 0.2) is 30.6 Å². The topological polar surface area (TPSA) is 46.9 Å². The van der Waals surface area contributed by atoms with E-state index in [-0.39, 0.29) is 5.78 Å². The zero-order valence-electron chi connectivity index (χ0n) is 10.3. The summed E-state index contributed by atoms with van der Waals surface area (Å²) in [6.45, 7) is 4.53. The van der Waals surface area contributed by atoms with Gasteiger partial charge in [-0.1, -0.05) is 12.1 Å². The minimum atomic E-state index is 0.0457. The van der Waals surface area contributed by atoms with Crippen molar-refractivity contribution in [2.75, 3.05) is 0 Å². The van der Waals surface area contributed by atoms with E-state index in [1.165, 1.54) is 11.1 Å².